The Balaban J connectivity index is 1.14. The molecule has 1 N–H and O–H groups in total. The molecule has 12 nitrogen and oxygen atoms in total. The summed E-state index contributed by atoms with van der Waals surface area (Å²) in [5, 5.41) is 21.5. The van der Waals surface area contributed by atoms with Crippen molar-refractivity contribution >= 4 is 0 Å². The Morgan fingerprint density at radius 2 is 0.963 bits per heavy atom. The number of hydrogen-bond acceptors (Lipinski definition) is 11. The summed E-state index contributed by atoms with van der Waals surface area (Å²) in [5.74, 6) is 0. The van der Waals surface area contributed by atoms with Gasteiger partial charge in [-0.05, 0) is 86.0 Å². The van der Waals surface area contributed by atoms with E-state index in [-0.39, 0.29) is 26.4 Å². The number of ether oxygens (including phenoxy) is 7. The van der Waals surface area contributed by atoms with E-state index in [1.807, 2.05) is 133 Å². The second-order valence-electron chi connectivity index (χ2n) is 21.6. The van der Waals surface area contributed by atoms with Crippen molar-refractivity contribution in [2.75, 3.05) is 32.8 Å². The van der Waals surface area contributed by atoms with Gasteiger partial charge >= 0.3 is 0 Å². The van der Waals surface area contributed by atoms with Crippen LogP contribution in [0.3, 0.4) is 0 Å². The van der Waals surface area contributed by atoms with E-state index in [4.69, 9.17) is 43.5 Å². The summed E-state index contributed by atoms with van der Waals surface area (Å²) < 4.78 is 50.4. The van der Waals surface area contributed by atoms with E-state index in [0.717, 1.165) is 65.7 Å². The maximum atomic E-state index is 11.9. The third kappa shape index (κ3) is 22.0. The van der Waals surface area contributed by atoms with E-state index < -0.39 is 49.0 Å². The molecule has 1 fully saturated rings. The fraction of sp³-hybridized carbons (Fsp3) is 0.529. The number of nitrogens with zero attached hydrogens (tertiary/aromatic N) is 4. The summed E-state index contributed by atoms with van der Waals surface area (Å²) in [4.78, 5) is 2.72. The monoisotopic (exact) mass is 1090 g/mol. The van der Waals surface area contributed by atoms with Crippen LogP contribution in [0.25, 0.3) is 0 Å². The lowest BCUT2D eigenvalue weighted by atomic mass is 9.97. The predicted molar refractivity (Wildman–Crippen MR) is 318 cm³/mol. The molecular formula is C68H94N4O8. The lowest BCUT2D eigenvalue weighted by Gasteiger charge is -2.46. The van der Waals surface area contributed by atoms with E-state index in [2.05, 4.69) is 55.1 Å². The molecule has 0 radical (unpaired) electrons. The summed E-state index contributed by atoms with van der Waals surface area (Å²) in [6, 6.07) is 50.0. The van der Waals surface area contributed by atoms with Crippen LogP contribution in [0, 0.1) is 0 Å². The van der Waals surface area contributed by atoms with Crippen molar-refractivity contribution in [2.45, 2.75) is 199 Å². The lowest BCUT2D eigenvalue weighted by molar-refractivity contribution is -0.331. The Labute approximate surface area is 479 Å². The van der Waals surface area contributed by atoms with Gasteiger partial charge in [0.2, 0.25) is 0 Å². The highest BCUT2D eigenvalue weighted by molar-refractivity contribution is 5.17. The Bertz CT molecular complexity index is 2440. The first-order valence-corrected chi connectivity index (χ1v) is 30.3. The molecule has 0 bridgehead atoms. The maximum absolute atomic E-state index is 11.9. The Morgan fingerprint density at radius 3 is 1.46 bits per heavy atom. The molecule has 1 aliphatic rings. The van der Waals surface area contributed by atoms with Crippen LogP contribution in [0.5, 0.6) is 0 Å². The van der Waals surface area contributed by atoms with Crippen LogP contribution in [0.4, 0.5) is 0 Å². The Hall–Kier alpha value is -5.12. The summed E-state index contributed by atoms with van der Waals surface area (Å²) in [6.07, 6.45) is 14.4. The van der Waals surface area contributed by atoms with Crippen molar-refractivity contribution in [2.24, 2.45) is 0 Å². The van der Waals surface area contributed by atoms with Gasteiger partial charge in [-0.25, -0.2) is 4.68 Å². The average Bonchev–Trinajstić information content (AvgIpc) is 3.99. The van der Waals surface area contributed by atoms with Crippen molar-refractivity contribution < 1.29 is 38.3 Å². The third-order valence-electron chi connectivity index (χ3n) is 15.2. The number of aryl methyl sites for hydroxylation is 1. The molecule has 8 atom stereocenters. The summed E-state index contributed by atoms with van der Waals surface area (Å²) in [5.41, 5.74) is 5.95. The SMILES string of the molecule is CCCCCCCN(CCCCCCC)CCCCCc1cn([C@@H](COC2OC(COCc3ccccc3)C(OCc3ccccc3)C(OCc3ccccc3)C2OCc2ccccc2)[C@H](OCc2ccccc2)[C@H](O)CC)nn1. The number of benzene rings is 5. The first-order chi connectivity index (χ1) is 39.5. The van der Waals surface area contributed by atoms with Crippen molar-refractivity contribution in [3.63, 3.8) is 0 Å². The molecule has 0 spiro atoms. The summed E-state index contributed by atoms with van der Waals surface area (Å²) in [7, 11) is 0. The zero-order valence-electron chi connectivity index (χ0n) is 48.4. The van der Waals surface area contributed by atoms with Crippen LogP contribution < -0.4 is 0 Å². The molecule has 0 aliphatic carbocycles. The number of hydrogen-bond donors (Lipinski definition) is 1. The van der Waals surface area contributed by atoms with Gasteiger partial charge in [-0.1, -0.05) is 235 Å². The largest absolute Gasteiger partial charge is 0.390 e. The smallest absolute Gasteiger partial charge is 0.187 e. The van der Waals surface area contributed by atoms with E-state index >= 15 is 0 Å². The number of rotatable bonds is 41. The number of unbranched alkanes of at least 4 members (excludes halogenated alkanes) is 10. The van der Waals surface area contributed by atoms with Gasteiger partial charge in [0.05, 0.1) is 58.0 Å². The highest BCUT2D eigenvalue weighted by Gasteiger charge is 2.50. The minimum atomic E-state index is -0.979. The molecule has 1 saturated heterocycles. The van der Waals surface area contributed by atoms with Gasteiger partial charge in [0.1, 0.15) is 36.6 Å². The van der Waals surface area contributed by atoms with Crippen LogP contribution in [-0.2, 0) is 72.6 Å². The molecule has 0 amide bonds. The number of aliphatic hydroxyl groups is 1. The standard InChI is InChI=1S/C68H94N4O8/c1-4-7-9-11-30-44-71(45-31-12-10-8-5-2)46-32-18-29-43-60-47-72(70-69-60)61(64(62(73)6-3)75-49-56-35-21-14-22-36-56)53-79-68-67(78-52-59-41-27-17-28-42-59)66(77-51-58-39-25-16-26-40-58)65(76-50-57-37-23-15-24-38-57)63(80-68)54-74-48-55-33-19-13-20-34-55/h13-17,19-28,33-42,47,61-68,73H,4-12,18,29-32,43-46,48-54H2,1-3H3/t61-,62+,63?,64-,65?,66?,67?,68?/m0/s1. The average molecular weight is 1100 g/mol. The number of aromatic nitrogens is 3. The van der Waals surface area contributed by atoms with Gasteiger partial charge in [-0.15, -0.1) is 5.10 Å². The van der Waals surface area contributed by atoms with Gasteiger partial charge in [-0.2, -0.15) is 0 Å². The van der Waals surface area contributed by atoms with Crippen LogP contribution in [0.2, 0.25) is 0 Å². The molecule has 5 unspecified atom stereocenters. The fourth-order valence-electron chi connectivity index (χ4n) is 10.5. The van der Waals surface area contributed by atoms with Crippen molar-refractivity contribution in [1.82, 2.24) is 19.9 Å². The van der Waals surface area contributed by atoms with Crippen LogP contribution in [0.1, 0.15) is 150 Å². The Kier molecular flexibility index (Phi) is 29.0. The van der Waals surface area contributed by atoms with Crippen molar-refractivity contribution in [3.8, 4) is 0 Å². The van der Waals surface area contributed by atoms with Gasteiger partial charge in [0, 0.05) is 6.20 Å². The van der Waals surface area contributed by atoms with Gasteiger partial charge < -0.3 is 43.2 Å². The first kappa shape index (κ1) is 62.5. The highest BCUT2D eigenvalue weighted by atomic mass is 16.7. The van der Waals surface area contributed by atoms with E-state index in [1.165, 1.54) is 77.3 Å². The molecule has 1 aliphatic heterocycles. The van der Waals surface area contributed by atoms with Gasteiger partial charge in [-0.3, -0.25) is 0 Å². The minimum absolute atomic E-state index is 0.0421. The van der Waals surface area contributed by atoms with Crippen LogP contribution >= 0.6 is 0 Å². The maximum Gasteiger partial charge on any atom is 0.187 e. The molecule has 6 aromatic rings. The van der Waals surface area contributed by atoms with E-state index in [9.17, 15) is 5.11 Å². The summed E-state index contributed by atoms with van der Waals surface area (Å²) in [6.45, 7) is 11.9. The summed E-state index contributed by atoms with van der Waals surface area (Å²) >= 11 is 0. The van der Waals surface area contributed by atoms with Crippen LogP contribution in [0.15, 0.2) is 158 Å². The fourth-order valence-corrected chi connectivity index (χ4v) is 10.5. The topological polar surface area (TPSA) is 119 Å². The molecule has 7 rings (SSSR count). The first-order valence-electron chi connectivity index (χ1n) is 30.3. The predicted octanol–water partition coefficient (Wildman–Crippen LogP) is 13.8. The normalized spacial score (nSPS) is 18.6. The molecule has 80 heavy (non-hydrogen) atoms. The van der Waals surface area contributed by atoms with Gasteiger partial charge in [0.25, 0.3) is 0 Å². The second-order valence-corrected chi connectivity index (χ2v) is 21.6. The molecule has 0 saturated carbocycles. The van der Waals surface area contributed by atoms with Crippen molar-refractivity contribution in [3.05, 3.63) is 191 Å². The third-order valence-corrected chi connectivity index (χ3v) is 15.2. The quantitative estimate of drug-likeness (QED) is 0.0370. The minimum Gasteiger partial charge on any atom is -0.390 e. The molecule has 12 heteroatoms. The van der Waals surface area contributed by atoms with Gasteiger partial charge in [0.15, 0.2) is 6.29 Å². The zero-order chi connectivity index (χ0) is 55.7. The van der Waals surface area contributed by atoms with Crippen molar-refractivity contribution in [1.29, 1.82) is 0 Å². The lowest BCUT2D eigenvalue weighted by Crippen LogP contribution is -2.62. The molecule has 1 aromatic heterocycles. The molecular weight excluding hydrogens is 1000 g/mol. The highest BCUT2D eigenvalue weighted by Crippen LogP contribution is 2.33. The zero-order valence-corrected chi connectivity index (χ0v) is 48.4. The molecule has 2 heterocycles. The second kappa shape index (κ2) is 37.1. The molecule has 5 aromatic carbocycles. The van der Waals surface area contributed by atoms with Crippen LogP contribution in [-0.4, -0.2) is 101 Å². The van der Waals surface area contributed by atoms with E-state index in [0.29, 0.717) is 26.2 Å². The number of aliphatic hydroxyl groups excluding tert-OH is 1. The Morgan fingerprint density at radius 1 is 0.512 bits per heavy atom. The molecule has 434 valence electrons. The van der Waals surface area contributed by atoms with E-state index in [1.54, 1.807) is 0 Å².